The SMILES string of the molecule is COCC1CC2=C(C(C)(C)C)C(C(C)(C)C)N=C(C(C)(C)C)N2C1. The normalized spacial score (nSPS) is 25.9. The minimum absolute atomic E-state index is 0.0557. The Bertz CT molecular complexity index is 538. The second-order valence-electron chi connectivity index (χ2n) is 10.7. The van der Waals surface area contributed by atoms with Crippen LogP contribution in [-0.4, -0.2) is 37.0 Å². The van der Waals surface area contributed by atoms with Crippen molar-refractivity contribution in [3.63, 3.8) is 0 Å². The van der Waals surface area contributed by atoms with Gasteiger partial charge in [-0.15, -0.1) is 0 Å². The van der Waals surface area contributed by atoms with E-state index in [4.69, 9.17) is 9.73 Å². The Balaban J connectivity index is 2.62. The Labute approximate surface area is 149 Å². The molecule has 0 saturated carbocycles. The lowest BCUT2D eigenvalue weighted by atomic mass is 9.70. The molecule has 138 valence electrons. The number of aliphatic imine (C=N–C) groups is 1. The number of allylic oxidation sites excluding steroid dienone is 1. The minimum Gasteiger partial charge on any atom is -0.384 e. The van der Waals surface area contributed by atoms with Gasteiger partial charge >= 0.3 is 0 Å². The molecular formula is C21H38N2O. The average molecular weight is 335 g/mol. The van der Waals surface area contributed by atoms with Gasteiger partial charge in [-0.25, -0.2) is 0 Å². The Morgan fingerprint density at radius 3 is 2.00 bits per heavy atom. The van der Waals surface area contributed by atoms with Crippen LogP contribution in [0.5, 0.6) is 0 Å². The van der Waals surface area contributed by atoms with Crippen molar-refractivity contribution in [3.8, 4) is 0 Å². The standard InChI is InChI=1S/C21H38N2O/c1-19(2,3)16-15-11-14(13-24-10)12-23(15)18(21(7,8)9)22-17(16)20(4,5)6/h14,17H,11-13H2,1-10H3. The quantitative estimate of drug-likeness (QED) is 0.699. The molecule has 0 N–H and O–H groups in total. The molecule has 0 aromatic rings. The molecule has 0 radical (unpaired) electrons. The molecule has 2 aliphatic heterocycles. The molecule has 0 spiro atoms. The Hall–Kier alpha value is -0.830. The van der Waals surface area contributed by atoms with Crippen molar-refractivity contribution in [1.29, 1.82) is 0 Å². The van der Waals surface area contributed by atoms with E-state index < -0.39 is 0 Å². The zero-order chi connectivity index (χ0) is 18.5. The first kappa shape index (κ1) is 19.5. The van der Waals surface area contributed by atoms with Gasteiger partial charge in [0.05, 0.1) is 12.6 Å². The number of methoxy groups -OCH3 is 1. The summed E-state index contributed by atoms with van der Waals surface area (Å²) in [5.41, 5.74) is 3.35. The third-order valence-corrected chi connectivity index (χ3v) is 5.04. The molecule has 2 aliphatic rings. The topological polar surface area (TPSA) is 24.8 Å². The molecule has 2 heterocycles. The Kier molecular flexibility index (Phi) is 5.00. The summed E-state index contributed by atoms with van der Waals surface area (Å²) in [5.74, 6) is 1.82. The highest BCUT2D eigenvalue weighted by atomic mass is 16.5. The van der Waals surface area contributed by atoms with Crippen molar-refractivity contribution >= 4 is 5.84 Å². The molecule has 2 unspecified atom stereocenters. The van der Waals surface area contributed by atoms with Crippen LogP contribution in [0.3, 0.4) is 0 Å². The van der Waals surface area contributed by atoms with Gasteiger partial charge in [0.1, 0.15) is 5.84 Å². The maximum atomic E-state index is 5.48. The second kappa shape index (κ2) is 6.16. The Morgan fingerprint density at radius 1 is 1.00 bits per heavy atom. The van der Waals surface area contributed by atoms with Crippen LogP contribution in [0.4, 0.5) is 0 Å². The van der Waals surface area contributed by atoms with Crippen molar-refractivity contribution < 1.29 is 4.74 Å². The van der Waals surface area contributed by atoms with Gasteiger partial charge in [-0.3, -0.25) is 4.99 Å². The summed E-state index contributed by atoms with van der Waals surface area (Å²) >= 11 is 0. The van der Waals surface area contributed by atoms with Gasteiger partial charge in [-0.1, -0.05) is 62.3 Å². The van der Waals surface area contributed by atoms with Crippen LogP contribution in [0.25, 0.3) is 0 Å². The van der Waals surface area contributed by atoms with E-state index in [1.54, 1.807) is 0 Å². The molecule has 2 rings (SSSR count). The van der Waals surface area contributed by atoms with Gasteiger partial charge in [0.15, 0.2) is 0 Å². The number of nitrogens with zero attached hydrogens (tertiary/aromatic N) is 2. The fraction of sp³-hybridized carbons (Fsp3) is 0.857. The third-order valence-electron chi connectivity index (χ3n) is 5.04. The Morgan fingerprint density at radius 2 is 1.58 bits per heavy atom. The van der Waals surface area contributed by atoms with Crippen molar-refractivity contribution in [2.45, 2.75) is 74.8 Å². The number of ether oxygens (including phenoxy) is 1. The molecule has 1 fully saturated rings. The summed E-state index contributed by atoms with van der Waals surface area (Å²) in [4.78, 5) is 7.87. The van der Waals surface area contributed by atoms with Crippen molar-refractivity contribution in [2.75, 3.05) is 20.3 Å². The minimum atomic E-state index is 0.0557. The number of hydrogen-bond donors (Lipinski definition) is 0. The van der Waals surface area contributed by atoms with Crippen molar-refractivity contribution in [1.82, 2.24) is 4.90 Å². The van der Waals surface area contributed by atoms with E-state index >= 15 is 0 Å². The molecular weight excluding hydrogens is 296 g/mol. The van der Waals surface area contributed by atoms with E-state index in [0.717, 1.165) is 19.6 Å². The van der Waals surface area contributed by atoms with E-state index in [1.807, 2.05) is 7.11 Å². The van der Waals surface area contributed by atoms with Crippen LogP contribution < -0.4 is 0 Å². The lowest BCUT2D eigenvalue weighted by Crippen LogP contribution is -2.47. The van der Waals surface area contributed by atoms with E-state index in [0.29, 0.717) is 5.92 Å². The second-order valence-corrected chi connectivity index (χ2v) is 10.7. The summed E-state index contributed by atoms with van der Waals surface area (Å²) in [6, 6.07) is 0.249. The molecule has 0 aromatic heterocycles. The number of amidine groups is 1. The fourth-order valence-electron chi connectivity index (χ4n) is 4.12. The van der Waals surface area contributed by atoms with Crippen LogP contribution in [0, 0.1) is 22.2 Å². The predicted octanol–water partition coefficient (Wildman–Crippen LogP) is 5.13. The van der Waals surface area contributed by atoms with E-state index in [9.17, 15) is 0 Å². The zero-order valence-corrected chi connectivity index (χ0v) is 17.6. The highest BCUT2D eigenvalue weighted by molar-refractivity contribution is 5.90. The van der Waals surface area contributed by atoms with Crippen LogP contribution in [0.2, 0.25) is 0 Å². The third kappa shape index (κ3) is 3.71. The zero-order valence-electron chi connectivity index (χ0n) is 17.6. The molecule has 2 atom stereocenters. The van der Waals surface area contributed by atoms with Gasteiger partial charge in [-0.05, 0) is 22.8 Å². The van der Waals surface area contributed by atoms with E-state index in [2.05, 4.69) is 67.2 Å². The molecule has 0 aromatic carbocycles. The number of hydrogen-bond acceptors (Lipinski definition) is 3. The lowest BCUT2D eigenvalue weighted by molar-refractivity contribution is 0.157. The molecule has 0 amide bonds. The fourth-order valence-corrected chi connectivity index (χ4v) is 4.12. The summed E-state index contributed by atoms with van der Waals surface area (Å²) in [7, 11) is 1.81. The van der Waals surface area contributed by atoms with Crippen LogP contribution in [-0.2, 0) is 4.74 Å². The van der Waals surface area contributed by atoms with E-state index in [1.165, 1.54) is 17.1 Å². The first-order valence-electron chi connectivity index (χ1n) is 9.35. The van der Waals surface area contributed by atoms with Crippen LogP contribution >= 0.6 is 0 Å². The number of fused-ring (bicyclic) bond motifs is 1. The predicted molar refractivity (Wildman–Crippen MR) is 103 cm³/mol. The van der Waals surface area contributed by atoms with Crippen LogP contribution in [0.1, 0.15) is 68.7 Å². The van der Waals surface area contributed by atoms with Crippen LogP contribution in [0.15, 0.2) is 16.3 Å². The largest absolute Gasteiger partial charge is 0.384 e. The summed E-state index contributed by atoms with van der Waals surface area (Å²) in [6.45, 7) is 22.7. The molecule has 3 nitrogen and oxygen atoms in total. The first-order chi connectivity index (χ1) is 10.8. The highest BCUT2D eigenvalue weighted by Crippen LogP contribution is 2.48. The molecule has 0 aliphatic carbocycles. The summed E-state index contributed by atoms with van der Waals surface area (Å²) in [5, 5.41) is 0. The maximum absolute atomic E-state index is 5.48. The molecule has 3 heteroatoms. The maximum Gasteiger partial charge on any atom is 0.109 e. The number of rotatable bonds is 2. The highest BCUT2D eigenvalue weighted by Gasteiger charge is 2.46. The summed E-state index contributed by atoms with van der Waals surface area (Å²) < 4.78 is 5.48. The molecule has 24 heavy (non-hydrogen) atoms. The smallest absolute Gasteiger partial charge is 0.109 e. The summed E-state index contributed by atoms with van der Waals surface area (Å²) in [6.07, 6.45) is 1.11. The molecule has 0 bridgehead atoms. The van der Waals surface area contributed by atoms with Gasteiger partial charge in [0.25, 0.3) is 0 Å². The average Bonchev–Trinajstić information content (AvgIpc) is 2.76. The van der Waals surface area contributed by atoms with Crippen molar-refractivity contribution in [2.24, 2.45) is 27.2 Å². The first-order valence-corrected chi connectivity index (χ1v) is 9.35. The monoisotopic (exact) mass is 334 g/mol. The van der Waals surface area contributed by atoms with Gasteiger partial charge in [0, 0.05) is 30.7 Å². The lowest BCUT2D eigenvalue weighted by Gasteiger charge is -2.45. The van der Waals surface area contributed by atoms with E-state index in [-0.39, 0.29) is 22.3 Å². The van der Waals surface area contributed by atoms with Gasteiger partial charge < -0.3 is 9.64 Å². The van der Waals surface area contributed by atoms with Gasteiger partial charge in [0.2, 0.25) is 0 Å². The molecule has 1 saturated heterocycles. The van der Waals surface area contributed by atoms with Gasteiger partial charge in [-0.2, -0.15) is 0 Å². The van der Waals surface area contributed by atoms with Crippen molar-refractivity contribution in [3.05, 3.63) is 11.3 Å².